The van der Waals surface area contributed by atoms with E-state index in [1.165, 1.54) is 0 Å². The van der Waals surface area contributed by atoms with Gasteiger partial charge in [-0.15, -0.1) is 0 Å². The van der Waals surface area contributed by atoms with E-state index in [1.807, 2.05) is 24.3 Å². The number of hydrogen-bond donors (Lipinski definition) is 0. The molecule has 0 N–H and O–H groups in total. The number of imidazole rings is 1. The summed E-state index contributed by atoms with van der Waals surface area (Å²) in [5, 5.41) is 0.880. The molecule has 0 radical (unpaired) electrons. The SMILES string of the molecule is COCCn1c(SCc2ccc(OCC(F)(F)F)cc2)nc2ccccc21. The normalized spacial score (nSPS) is 11.9. The number of ether oxygens (including phenoxy) is 2. The zero-order valence-corrected chi connectivity index (χ0v) is 15.5. The van der Waals surface area contributed by atoms with E-state index in [2.05, 4.69) is 9.55 Å². The van der Waals surface area contributed by atoms with Gasteiger partial charge in [-0.05, 0) is 29.8 Å². The van der Waals surface area contributed by atoms with Crippen LogP contribution in [0.4, 0.5) is 13.2 Å². The second kappa shape index (κ2) is 8.67. The molecule has 3 aromatic rings. The van der Waals surface area contributed by atoms with Gasteiger partial charge in [-0.25, -0.2) is 4.98 Å². The van der Waals surface area contributed by atoms with Crippen molar-refractivity contribution in [2.24, 2.45) is 0 Å². The molecule has 0 aliphatic carbocycles. The van der Waals surface area contributed by atoms with Crippen LogP contribution in [0.3, 0.4) is 0 Å². The zero-order valence-electron chi connectivity index (χ0n) is 14.7. The Morgan fingerprint density at radius 2 is 1.81 bits per heavy atom. The molecule has 27 heavy (non-hydrogen) atoms. The molecule has 0 aliphatic heterocycles. The summed E-state index contributed by atoms with van der Waals surface area (Å²) in [6, 6.07) is 14.5. The number of methoxy groups -OCH3 is 1. The number of alkyl halides is 3. The molecule has 0 spiro atoms. The van der Waals surface area contributed by atoms with Crippen molar-refractivity contribution in [3.05, 3.63) is 54.1 Å². The van der Waals surface area contributed by atoms with E-state index < -0.39 is 12.8 Å². The molecule has 2 aromatic carbocycles. The average Bonchev–Trinajstić information content (AvgIpc) is 3.01. The highest BCUT2D eigenvalue weighted by Gasteiger charge is 2.28. The second-order valence-electron chi connectivity index (χ2n) is 5.86. The summed E-state index contributed by atoms with van der Waals surface area (Å²) >= 11 is 1.58. The molecular weight excluding hydrogens is 377 g/mol. The second-order valence-corrected chi connectivity index (χ2v) is 6.81. The minimum Gasteiger partial charge on any atom is -0.484 e. The molecule has 0 saturated carbocycles. The molecule has 0 aliphatic rings. The van der Waals surface area contributed by atoms with Crippen LogP contribution in [0.25, 0.3) is 11.0 Å². The maximum atomic E-state index is 12.2. The van der Waals surface area contributed by atoms with Gasteiger partial charge in [0, 0.05) is 19.4 Å². The topological polar surface area (TPSA) is 36.3 Å². The summed E-state index contributed by atoms with van der Waals surface area (Å²) < 4.78 is 48.6. The maximum absolute atomic E-state index is 12.2. The Labute approximate surface area is 159 Å². The van der Waals surface area contributed by atoms with Crippen molar-refractivity contribution in [2.75, 3.05) is 20.3 Å². The first-order valence-corrected chi connectivity index (χ1v) is 9.30. The zero-order chi connectivity index (χ0) is 19.3. The maximum Gasteiger partial charge on any atom is 0.422 e. The quantitative estimate of drug-likeness (QED) is 0.507. The predicted octanol–water partition coefficient (Wildman–Crippen LogP) is 4.92. The number of fused-ring (bicyclic) bond motifs is 1. The first-order chi connectivity index (χ1) is 13.0. The van der Waals surface area contributed by atoms with Crippen molar-refractivity contribution < 1.29 is 22.6 Å². The molecule has 0 atom stereocenters. The molecule has 0 unspecified atom stereocenters. The molecule has 0 amide bonds. The lowest BCUT2D eigenvalue weighted by atomic mass is 10.2. The lowest BCUT2D eigenvalue weighted by Crippen LogP contribution is -2.19. The Morgan fingerprint density at radius 3 is 2.52 bits per heavy atom. The number of benzene rings is 2. The monoisotopic (exact) mass is 396 g/mol. The van der Waals surface area contributed by atoms with Crippen molar-refractivity contribution in [3.8, 4) is 5.75 Å². The Kier molecular flexibility index (Phi) is 6.28. The Morgan fingerprint density at radius 1 is 1.07 bits per heavy atom. The lowest BCUT2D eigenvalue weighted by Gasteiger charge is -2.10. The van der Waals surface area contributed by atoms with Gasteiger partial charge in [0.1, 0.15) is 5.75 Å². The highest BCUT2D eigenvalue weighted by Crippen LogP contribution is 2.27. The van der Waals surface area contributed by atoms with Crippen molar-refractivity contribution >= 4 is 22.8 Å². The third-order valence-electron chi connectivity index (χ3n) is 3.83. The van der Waals surface area contributed by atoms with Gasteiger partial charge >= 0.3 is 6.18 Å². The van der Waals surface area contributed by atoms with Gasteiger partial charge in [0.15, 0.2) is 11.8 Å². The minimum absolute atomic E-state index is 0.202. The van der Waals surface area contributed by atoms with E-state index in [0.717, 1.165) is 21.8 Å². The number of para-hydroxylation sites is 2. The van der Waals surface area contributed by atoms with Crippen LogP contribution in [0.1, 0.15) is 5.56 Å². The standard InChI is InChI=1S/C19H19F3N2O2S/c1-25-11-10-24-17-5-3-2-4-16(17)23-18(24)27-12-14-6-8-15(9-7-14)26-13-19(20,21)22/h2-9H,10-13H2,1H3. The van der Waals surface area contributed by atoms with Crippen molar-refractivity contribution in [1.29, 1.82) is 0 Å². The fourth-order valence-electron chi connectivity index (χ4n) is 2.56. The van der Waals surface area contributed by atoms with Gasteiger partial charge in [-0.3, -0.25) is 0 Å². The van der Waals surface area contributed by atoms with Crippen molar-refractivity contribution in [2.45, 2.75) is 23.6 Å². The van der Waals surface area contributed by atoms with Gasteiger partial charge in [0.25, 0.3) is 0 Å². The summed E-state index contributed by atoms with van der Waals surface area (Å²) in [5.41, 5.74) is 2.95. The van der Waals surface area contributed by atoms with Crippen LogP contribution in [0.15, 0.2) is 53.7 Å². The number of hydrogen-bond acceptors (Lipinski definition) is 4. The lowest BCUT2D eigenvalue weighted by molar-refractivity contribution is -0.153. The number of rotatable bonds is 8. The Hall–Kier alpha value is -2.19. The molecule has 3 rings (SSSR count). The molecule has 0 saturated heterocycles. The van der Waals surface area contributed by atoms with Crippen LogP contribution in [0, 0.1) is 0 Å². The average molecular weight is 396 g/mol. The van der Waals surface area contributed by atoms with E-state index in [9.17, 15) is 13.2 Å². The summed E-state index contributed by atoms with van der Waals surface area (Å²) in [6.45, 7) is -0.00660. The fourth-order valence-corrected chi connectivity index (χ4v) is 3.55. The molecule has 1 heterocycles. The molecule has 144 valence electrons. The summed E-state index contributed by atoms with van der Waals surface area (Å²) in [6.07, 6.45) is -4.34. The first-order valence-electron chi connectivity index (χ1n) is 8.32. The fraction of sp³-hybridized carbons (Fsp3) is 0.316. The van der Waals surface area contributed by atoms with E-state index in [-0.39, 0.29) is 5.75 Å². The number of nitrogens with zero attached hydrogens (tertiary/aromatic N) is 2. The van der Waals surface area contributed by atoms with Gasteiger partial charge in [-0.1, -0.05) is 36.0 Å². The van der Waals surface area contributed by atoms with Crippen LogP contribution < -0.4 is 4.74 Å². The van der Waals surface area contributed by atoms with E-state index in [0.29, 0.717) is 18.9 Å². The van der Waals surface area contributed by atoms with Gasteiger partial charge in [0.2, 0.25) is 0 Å². The van der Waals surface area contributed by atoms with Crippen LogP contribution in [0.2, 0.25) is 0 Å². The smallest absolute Gasteiger partial charge is 0.422 e. The first kappa shape index (κ1) is 19.6. The predicted molar refractivity (Wildman–Crippen MR) is 99.2 cm³/mol. The molecular formula is C19H19F3N2O2S. The summed E-state index contributed by atoms with van der Waals surface area (Å²) in [5.74, 6) is 0.851. The van der Waals surface area contributed by atoms with Crippen LogP contribution in [0.5, 0.6) is 5.75 Å². The van der Waals surface area contributed by atoms with Crippen molar-refractivity contribution in [3.63, 3.8) is 0 Å². The Balaban J connectivity index is 1.67. The van der Waals surface area contributed by atoms with Gasteiger partial charge in [0.05, 0.1) is 17.6 Å². The summed E-state index contributed by atoms with van der Waals surface area (Å²) in [4.78, 5) is 4.68. The molecule has 8 heteroatoms. The molecule has 1 aromatic heterocycles. The highest BCUT2D eigenvalue weighted by atomic mass is 32.2. The van der Waals surface area contributed by atoms with Gasteiger partial charge < -0.3 is 14.0 Å². The van der Waals surface area contributed by atoms with Crippen LogP contribution >= 0.6 is 11.8 Å². The Bertz CT molecular complexity index is 879. The van der Waals surface area contributed by atoms with E-state index in [1.54, 1.807) is 43.1 Å². The van der Waals surface area contributed by atoms with Crippen molar-refractivity contribution in [1.82, 2.24) is 9.55 Å². The van der Waals surface area contributed by atoms with Crippen LogP contribution in [-0.2, 0) is 17.0 Å². The van der Waals surface area contributed by atoms with E-state index >= 15 is 0 Å². The summed E-state index contributed by atoms with van der Waals surface area (Å²) in [7, 11) is 1.66. The highest BCUT2D eigenvalue weighted by molar-refractivity contribution is 7.98. The number of aromatic nitrogens is 2. The number of thioether (sulfide) groups is 1. The molecule has 4 nitrogen and oxygen atoms in total. The third kappa shape index (κ3) is 5.40. The third-order valence-corrected chi connectivity index (χ3v) is 4.88. The number of halogens is 3. The van der Waals surface area contributed by atoms with Crippen LogP contribution in [-0.4, -0.2) is 36.1 Å². The molecule has 0 fully saturated rings. The van der Waals surface area contributed by atoms with Gasteiger partial charge in [-0.2, -0.15) is 13.2 Å². The minimum atomic E-state index is -4.34. The van der Waals surface area contributed by atoms with E-state index in [4.69, 9.17) is 9.47 Å². The largest absolute Gasteiger partial charge is 0.484 e. The molecule has 0 bridgehead atoms.